The van der Waals surface area contributed by atoms with Gasteiger partial charge in [-0.15, -0.1) is 0 Å². The lowest BCUT2D eigenvalue weighted by Crippen LogP contribution is -2.51. The van der Waals surface area contributed by atoms with Crippen molar-refractivity contribution in [2.24, 2.45) is 16.6 Å². The largest absolute Gasteiger partial charge is 0.369 e. The van der Waals surface area contributed by atoms with Crippen molar-refractivity contribution in [3.63, 3.8) is 0 Å². The van der Waals surface area contributed by atoms with Crippen molar-refractivity contribution in [2.75, 3.05) is 0 Å². The molecule has 0 heterocycles. The molecule has 6 heteroatoms. The number of guanidine groups is 1. The first-order valence-electron chi connectivity index (χ1n) is 6.18. The number of nitriles is 1. The number of nitrogens with two attached hydrogens (primary N) is 1. The van der Waals surface area contributed by atoms with Crippen molar-refractivity contribution in [3.8, 4) is 6.19 Å². The molecule has 0 atom stereocenters. The second-order valence-electron chi connectivity index (χ2n) is 5.34. The number of benzene rings is 1. The summed E-state index contributed by atoms with van der Waals surface area (Å²) in [5, 5.41) is 10.3. The van der Waals surface area contributed by atoms with Gasteiger partial charge in [-0.1, -0.05) is 37.0 Å². The molecule has 4 nitrogen and oxygen atoms in total. The van der Waals surface area contributed by atoms with Crippen LogP contribution in [0.1, 0.15) is 27.7 Å². The minimum Gasteiger partial charge on any atom is -0.369 e. The van der Waals surface area contributed by atoms with Crippen LogP contribution in [0.5, 0.6) is 0 Å². The minimum absolute atomic E-state index is 0.115. The van der Waals surface area contributed by atoms with E-state index in [0.717, 1.165) is 0 Å². The lowest BCUT2D eigenvalue weighted by Gasteiger charge is -2.36. The van der Waals surface area contributed by atoms with Gasteiger partial charge in [-0.25, -0.2) is 9.89 Å². The maximum absolute atomic E-state index is 9.33. The molecule has 0 spiro atoms. The maximum atomic E-state index is 9.33. The third-order valence-electron chi connectivity index (χ3n) is 3.41. The topological polar surface area (TPSA) is 65.4 Å². The van der Waals surface area contributed by atoms with Crippen LogP contribution in [-0.4, -0.2) is 16.4 Å². The third-order valence-corrected chi connectivity index (χ3v) is 3.85. The van der Waals surface area contributed by atoms with Gasteiger partial charge in [0, 0.05) is 10.0 Å². The van der Waals surface area contributed by atoms with Crippen molar-refractivity contribution < 1.29 is 0 Å². The molecule has 1 aromatic rings. The van der Waals surface area contributed by atoms with E-state index >= 15 is 0 Å². The summed E-state index contributed by atoms with van der Waals surface area (Å²) < 4.78 is 0. The highest BCUT2D eigenvalue weighted by atomic mass is 35.5. The molecule has 108 valence electrons. The molecule has 0 aliphatic heterocycles. The highest BCUT2D eigenvalue weighted by Crippen LogP contribution is 2.27. The fraction of sp³-hybridized carbons (Fsp3) is 0.429. The first-order valence-corrected chi connectivity index (χ1v) is 6.94. The third kappa shape index (κ3) is 3.78. The Hall–Kier alpha value is -1.44. The summed E-state index contributed by atoms with van der Waals surface area (Å²) in [7, 11) is 0. The molecular formula is C14H18Cl2N4. The predicted molar refractivity (Wildman–Crippen MR) is 84.1 cm³/mol. The molecule has 0 aliphatic rings. The molecule has 0 radical (unpaired) electrons. The number of nitrogens with zero attached hydrogens (tertiary/aromatic N) is 3. The number of rotatable bonds is 3. The molecule has 1 aromatic carbocycles. The van der Waals surface area contributed by atoms with Gasteiger partial charge in [0.2, 0.25) is 5.96 Å². The zero-order valence-corrected chi connectivity index (χ0v) is 13.5. The summed E-state index contributed by atoms with van der Waals surface area (Å²) in [6.45, 7) is 7.92. The molecular weight excluding hydrogens is 295 g/mol. The standard InChI is InChI=1S/C14H18Cl2N4/c1-9(2)14(3,4)20(8-17)13(18)19-12-6-10(15)5-11(16)7-12/h5-7,9H,1-4H3,(H2,18,19). The lowest BCUT2D eigenvalue weighted by molar-refractivity contribution is 0.209. The quantitative estimate of drug-likeness (QED) is 0.394. The van der Waals surface area contributed by atoms with Gasteiger partial charge in [-0.2, -0.15) is 5.26 Å². The molecule has 0 bridgehead atoms. The van der Waals surface area contributed by atoms with Crippen LogP contribution in [-0.2, 0) is 0 Å². The van der Waals surface area contributed by atoms with Gasteiger partial charge in [0.25, 0.3) is 0 Å². The SMILES string of the molecule is CC(C)C(C)(C)N(C#N)C(N)=Nc1cc(Cl)cc(Cl)c1. The Kier molecular flexibility index (Phi) is 5.27. The van der Waals surface area contributed by atoms with E-state index in [-0.39, 0.29) is 11.9 Å². The van der Waals surface area contributed by atoms with E-state index in [1.54, 1.807) is 18.2 Å². The Balaban J connectivity index is 3.17. The van der Waals surface area contributed by atoms with E-state index in [0.29, 0.717) is 15.7 Å². The molecule has 20 heavy (non-hydrogen) atoms. The normalized spacial score (nSPS) is 12.4. The van der Waals surface area contributed by atoms with Crippen LogP contribution in [0.3, 0.4) is 0 Å². The summed E-state index contributed by atoms with van der Waals surface area (Å²) in [5.41, 5.74) is 6.03. The Labute approximate surface area is 129 Å². The van der Waals surface area contributed by atoms with Gasteiger partial charge in [0.1, 0.15) is 0 Å². The Bertz CT molecular complexity index is 539. The molecule has 0 unspecified atom stereocenters. The van der Waals surface area contributed by atoms with Crippen LogP contribution in [0.25, 0.3) is 0 Å². The number of hydrogen-bond donors (Lipinski definition) is 1. The second-order valence-corrected chi connectivity index (χ2v) is 6.21. The lowest BCUT2D eigenvalue weighted by atomic mass is 9.89. The zero-order valence-electron chi connectivity index (χ0n) is 12.0. The van der Waals surface area contributed by atoms with E-state index in [4.69, 9.17) is 28.9 Å². The van der Waals surface area contributed by atoms with Crippen molar-refractivity contribution in [1.29, 1.82) is 5.26 Å². The summed E-state index contributed by atoms with van der Waals surface area (Å²) in [6.07, 6.45) is 2.08. The smallest absolute Gasteiger partial charge is 0.210 e. The molecule has 2 N–H and O–H groups in total. The number of hydrogen-bond acceptors (Lipinski definition) is 2. The van der Waals surface area contributed by atoms with Crippen molar-refractivity contribution in [3.05, 3.63) is 28.2 Å². The summed E-state index contributed by atoms with van der Waals surface area (Å²) in [6, 6.07) is 4.88. The highest BCUT2D eigenvalue weighted by molar-refractivity contribution is 6.35. The number of halogens is 2. The van der Waals surface area contributed by atoms with E-state index in [1.807, 2.05) is 27.7 Å². The van der Waals surface area contributed by atoms with Gasteiger partial charge in [0.05, 0.1) is 11.2 Å². The van der Waals surface area contributed by atoms with Crippen molar-refractivity contribution in [2.45, 2.75) is 33.2 Å². The average Bonchev–Trinajstić information content (AvgIpc) is 2.27. The molecule has 0 amide bonds. The van der Waals surface area contributed by atoms with Crippen LogP contribution in [0.2, 0.25) is 10.0 Å². The van der Waals surface area contributed by atoms with E-state index in [1.165, 1.54) is 4.90 Å². The number of aliphatic imine (C=N–C) groups is 1. The molecule has 0 saturated heterocycles. The molecule has 0 fully saturated rings. The van der Waals surface area contributed by atoms with E-state index < -0.39 is 5.54 Å². The van der Waals surface area contributed by atoms with Crippen LogP contribution < -0.4 is 5.73 Å². The highest BCUT2D eigenvalue weighted by Gasteiger charge is 2.32. The first-order chi connectivity index (χ1) is 9.18. The first kappa shape index (κ1) is 16.6. The van der Waals surface area contributed by atoms with E-state index in [9.17, 15) is 5.26 Å². The Morgan fingerprint density at radius 2 is 1.80 bits per heavy atom. The molecule has 0 aromatic heterocycles. The van der Waals surface area contributed by atoms with Crippen molar-refractivity contribution >= 4 is 34.8 Å². The van der Waals surface area contributed by atoms with Crippen LogP contribution in [0, 0.1) is 17.4 Å². The second kappa shape index (κ2) is 6.34. The van der Waals surface area contributed by atoms with Crippen molar-refractivity contribution in [1.82, 2.24) is 4.90 Å². The van der Waals surface area contributed by atoms with Crippen LogP contribution >= 0.6 is 23.2 Å². The summed E-state index contributed by atoms with van der Waals surface area (Å²) in [4.78, 5) is 5.62. The van der Waals surface area contributed by atoms with E-state index in [2.05, 4.69) is 11.2 Å². The predicted octanol–water partition coefficient (Wildman–Crippen LogP) is 4.16. The fourth-order valence-electron chi connectivity index (χ4n) is 1.52. The Morgan fingerprint density at radius 1 is 1.30 bits per heavy atom. The summed E-state index contributed by atoms with van der Waals surface area (Å²) >= 11 is 11.8. The van der Waals surface area contributed by atoms with Gasteiger partial charge < -0.3 is 5.73 Å². The van der Waals surface area contributed by atoms with Gasteiger partial charge in [-0.05, 0) is 38.0 Å². The summed E-state index contributed by atoms with van der Waals surface area (Å²) in [5.74, 6) is 0.336. The van der Waals surface area contributed by atoms with Gasteiger partial charge >= 0.3 is 0 Å². The molecule has 0 saturated carbocycles. The maximum Gasteiger partial charge on any atom is 0.210 e. The minimum atomic E-state index is -0.440. The molecule has 0 aliphatic carbocycles. The van der Waals surface area contributed by atoms with Crippen LogP contribution in [0.4, 0.5) is 5.69 Å². The molecule has 1 rings (SSSR count). The average molecular weight is 313 g/mol. The van der Waals surface area contributed by atoms with Gasteiger partial charge in [0.15, 0.2) is 6.19 Å². The van der Waals surface area contributed by atoms with Gasteiger partial charge in [-0.3, -0.25) is 0 Å². The Morgan fingerprint density at radius 3 is 2.20 bits per heavy atom. The fourth-order valence-corrected chi connectivity index (χ4v) is 2.03. The van der Waals surface area contributed by atoms with Crippen LogP contribution in [0.15, 0.2) is 23.2 Å². The zero-order chi connectivity index (χ0) is 15.5. The monoisotopic (exact) mass is 312 g/mol.